The van der Waals surface area contributed by atoms with Crippen LogP contribution in [0.15, 0.2) is 24.3 Å². The number of benzene rings is 1. The Labute approximate surface area is 127 Å². The van der Waals surface area contributed by atoms with E-state index in [0.717, 1.165) is 30.6 Å². The van der Waals surface area contributed by atoms with Crippen molar-refractivity contribution in [2.45, 2.75) is 64.4 Å². The third kappa shape index (κ3) is 4.23. The molecule has 1 saturated carbocycles. The SMILES string of the molecule is CC[C@H](c1cccc(OC2CCCCC2)c1)[C@H](C)C(=O)O. The Morgan fingerprint density at radius 3 is 2.67 bits per heavy atom. The minimum absolute atomic E-state index is 0.0393. The van der Waals surface area contributed by atoms with Crippen molar-refractivity contribution in [1.29, 1.82) is 0 Å². The van der Waals surface area contributed by atoms with Crippen LogP contribution in [0.5, 0.6) is 5.75 Å². The molecule has 0 bridgehead atoms. The normalized spacial score (nSPS) is 19.0. The summed E-state index contributed by atoms with van der Waals surface area (Å²) in [6, 6.07) is 8.00. The molecule has 1 fully saturated rings. The highest BCUT2D eigenvalue weighted by molar-refractivity contribution is 5.71. The predicted octanol–water partition coefficient (Wildman–Crippen LogP) is 4.61. The maximum Gasteiger partial charge on any atom is 0.306 e. The Morgan fingerprint density at radius 2 is 2.05 bits per heavy atom. The molecule has 1 aliphatic rings. The lowest BCUT2D eigenvalue weighted by Crippen LogP contribution is -2.20. The van der Waals surface area contributed by atoms with E-state index in [1.807, 2.05) is 31.2 Å². The van der Waals surface area contributed by atoms with Crippen molar-refractivity contribution in [3.05, 3.63) is 29.8 Å². The summed E-state index contributed by atoms with van der Waals surface area (Å²) in [6.45, 7) is 3.82. The van der Waals surface area contributed by atoms with Crippen LogP contribution in [0.1, 0.15) is 63.9 Å². The minimum Gasteiger partial charge on any atom is -0.490 e. The molecule has 1 aliphatic carbocycles. The molecular formula is C18H26O3. The fourth-order valence-corrected chi connectivity index (χ4v) is 3.24. The van der Waals surface area contributed by atoms with Gasteiger partial charge in [-0.1, -0.05) is 32.4 Å². The Kier molecular flexibility index (Phi) is 5.66. The van der Waals surface area contributed by atoms with Gasteiger partial charge in [0.15, 0.2) is 0 Å². The average Bonchev–Trinajstić information content (AvgIpc) is 2.49. The summed E-state index contributed by atoms with van der Waals surface area (Å²) in [5, 5.41) is 9.24. The predicted molar refractivity (Wildman–Crippen MR) is 83.8 cm³/mol. The van der Waals surface area contributed by atoms with Crippen LogP contribution in [0.25, 0.3) is 0 Å². The Morgan fingerprint density at radius 1 is 1.33 bits per heavy atom. The third-order valence-electron chi connectivity index (χ3n) is 4.57. The van der Waals surface area contributed by atoms with Crippen molar-refractivity contribution >= 4 is 5.97 Å². The van der Waals surface area contributed by atoms with Crippen LogP contribution < -0.4 is 4.74 Å². The lowest BCUT2D eigenvalue weighted by molar-refractivity contribution is -0.141. The maximum atomic E-state index is 11.2. The number of aliphatic carboxylic acids is 1. The minimum atomic E-state index is -0.736. The molecule has 116 valence electrons. The molecule has 1 aromatic rings. The number of carbonyl (C=O) groups is 1. The smallest absolute Gasteiger partial charge is 0.306 e. The van der Waals surface area contributed by atoms with Crippen LogP contribution in [0.2, 0.25) is 0 Å². The van der Waals surface area contributed by atoms with Crippen molar-refractivity contribution in [3.63, 3.8) is 0 Å². The van der Waals surface area contributed by atoms with Gasteiger partial charge in [0.05, 0.1) is 12.0 Å². The van der Waals surface area contributed by atoms with Gasteiger partial charge in [-0.05, 0) is 55.7 Å². The van der Waals surface area contributed by atoms with E-state index < -0.39 is 5.97 Å². The van der Waals surface area contributed by atoms with E-state index in [2.05, 4.69) is 0 Å². The fraction of sp³-hybridized carbons (Fsp3) is 0.611. The molecule has 3 heteroatoms. The topological polar surface area (TPSA) is 46.5 Å². The van der Waals surface area contributed by atoms with E-state index in [1.165, 1.54) is 19.3 Å². The quantitative estimate of drug-likeness (QED) is 0.832. The van der Waals surface area contributed by atoms with Crippen LogP contribution in [0.3, 0.4) is 0 Å². The first-order valence-electron chi connectivity index (χ1n) is 8.11. The van der Waals surface area contributed by atoms with E-state index in [-0.39, 0.29) is 11.8 Å². The molecule has 0 radical (unpaired) electrons. The summed E-state index contributed by atoms with van der Waals surface area (Å²) >= 11 is 0. The molecule has 2 rings (SSSR count). The van der Waals surface area contributed by atoms with Crippen molar-refractivity contribution in [2.24, 2.45) is 5.92 Å². The lowest BCUT2D eigenvalue weighted by atomic mass is 9.85. The zero-order valence-electron chi connectivity index (χ0n) is 13.0. The van der Waals surface area contributed by atoms with Gasteiger partial charge in [0, 0.05) is 0 Å². The summed E-state index contributed by atoms with van der Waals surface area (Å²) in [4.78, 5) is 11.2. The first-order chi connectivity index (χ1) is 10.1. The van der Waals surface area contributed by atoms with E-state index in [1.54, 1.807) is 6.92 Å². The van der Waals surface area contributed by atoms with Crippen LogP contribution in [-0.4, -0.2) is 17.2 Å². The standard InChI is InChI=1S/C18H26O3/c1-3-17(13(2)18(19)20)14-8-7-11-16(12-14)21-15-9-5-4-6-10-15/h7-8,11-13,15,17H,3-6,9-10H2,1-2H3,(H,19,20)/t13-,17-/m0/s1. The number of hydrogen-bond acceptors (Lipinski definition) is 2. The van der Waals surface area contributed by atoms with Gasteiger partial charge in [-0.15, -0.1) is 0 Å². The molecule has 21 heavy (non-hydrogen) atoms. The average molecular weight is 290 g/mol. The molecule has 0 saturated heterocycles. The van der Waals surface area contributed by atoms with Crippen molar-refractivity contribution in [2.75, 3.05) is 0 Å². The van der Waals surface area contributed by atoms with Gasteiger partial charge >= 0.3 is 5.97 Å². The Bertz CT molecular complexity index is 463. The number of ether oxygens (including phenoxy) is 1. The van der Waals surface area contributed by atoms with Crippen LogP contribution in [-0.2, 0) is 4.79 Å². The largest absolute Gasteiger partial charge is 0.490 e. The Balaban J connectivity index is 2.10. The van der Waals surface area contributed by atoms with Gasteiger partial charge in [0.2, 0.25) is 0 Å². The first-order valence-corrected chi connectivity index (χ1v) is 8.11. The summed E-state index contributed by atoms with van der Waals surface area (Å²) in [5.41, 5.74) is 1.07. The number of hydrogen-bond donors (Lipinski definition) is 1. The Hall–Kier alpha value is -1.51. The van der Waals surface area contributed by atoms with E-state index >= 15 is 0 Å². The zero-order chi connectivity index (χ0) is 15.2. The molecule has 0 unspecified atom stereocenters. The highest BCUT2D eigenvalue weighted by atomic mass is 16.5. The van der Waals surface area contributed by atoms with Gasteiger partial charge in [0.25, 0.3) is 0 Å². The second kappa shape index (κ2) is 7.48. The van der Waals surface area contributed by atoms with Crippen molar-refractivity contribution < 1.29 is 14.6 Å². The van der Waals surface area contributed by atoms with E-state index in [0.29, 0.717) is 6.10 Å². The number of carboxylic acids is 1. The third-order valence-corrected chi connectivity index (χ3v) is 4.57. The monoisotopic (exact) mass is 290 g/mol. The molecule has 0 amide bonds. The summed E-state index contributed by atoms with van der Waals surface area (Å²) < 4.78 is 6.08. The molecule has 0 spiro atoms. The van der Waals surface area contributed by atoms with Crippen LogP contribution in [0, 0.1) is 5.92 Å². The molecule has 1 N–H and O–H groups in total. The molecule has 0 aliphatic heterocycles. The fourth-order valence-electron chi connectivity index (χ4n) is 3.24. The molecule has 3 nitrogen and oxygen atoms in total. The summed E-state index contributed by atoms with van der Waals surface area (Å²) in [5.74, 6) is -0.187. The van der Waals surface area contributed by atoms with Gasteiger partial charge in [-0.3, -0.25) is 4.79 Å². The van der Waals surface area contributed by atoms with Crippen LogP contribution in [0.4, 0.5) is 0 Å². The molecule has 1 aromatic carbocycles. The maximum absolute atomic E-state index is 11.2. The van der Waals surface area contributed by atoms with Gasteiger partial charge in [-0.25, -0.2) is 0 Å². The zero-order valence-corrected chi connectivity index (χ0v) is 13.0. The van der Waals surface area contributed by atoms with Gasteiger partial charge < -0.3 is 9.84 Å². The van der Waals surface area contributed by atoms with E-state index in [9.17, 15) is 9.90 Å². The molecule has 2 atom stereocenters. The first kappa shape index (κ1) is 15.9. The number of carboxylic acid groups (broad SMARTS) is 1. The molecule has 0 aromatic heterocycles. The summed E-state index contributed by atoms with van der Waals surface area (Å²) in [7, 11) is 0. The van der Waals surface area contributed by atoms with Crippen molar-refractivity contribution in [3.8, 4) is 5.75 Å². The van der Waals surface area contributed by atoms with E-state index in [4.69, 9.17) is 4.74 Å². The lowest BCUT2D eigenvalue weighted by Gasteiger charge is -2.24. The van der Waals surface area contributed by atoms with Crippen LogP contribution >= 0.6 is 0 Å². The highest BCUT2D eigenvalue weighted by Crippen LogP contribution is 2.31. The van der Waals surface area contributed by atoms with Crippen molar-refractivity contribution in [1.82, 2.24) is 0 Å². The molecule has 0 heterocycles. The van der Waals surface area contributed by atoms with Gasteiger partial charge in [-0.2, -0.15) is 0 Å². The number of rotatable bonds is 6. The molecular weight excluding hydrogens is 264 g/mol. The second-order valence-electron chi connectivity index (χ2n) is 6.09. The van der Waals surface area contributed by atoms with Gasteiger partial charge in [0.1, 0.15) is 5.75 Å². The summed E-state index contributed by atoms with van der Waals surface area (Å²) in [6.07, 6.45) is 7.22. The highest BCUT2D eigenvalue weighted by Gasteiger charge is 2.24. The second-order valence-corrected chi connectivity index (χ2v) is 6.09.